The number of carbonyl (C=O) groups excluding carboxylic acids is 2. The number of hydrogen-bond acceptors (Lipinski definition) is 4. The fourth-order valence-electron chi connectivity index (χ4n) is 1.96. The first-order chi connectivity index (χ1) is 8.04. The Labute approximate surface area is 109 Å². The summed E-state index contributed by atoms with van der Waals surface area (Å²) in [5.41, 5.74) is 0. The van der Waals surface area contributed by atoms with Crippen molar-refractivity contribution in [1.29, 1.82) is 0 Å². The van der Waals surface area contributed by atoms with Crippen LogP contribution in [0.5, 0.6) is 0 Å². The summed E-state index contributed by atoms with van der Waals surface area (Å²) in [6.45, 7) is 5.00. The molecule has 1 aromatic rings. The number of thioether (sulfide) groups is 1. The molecule has 1 amide bonds. The Hall–Kier alpha value is -0.810. The van der Waals surface area contributed by atoms with Gasteiger partial charge in [-0.3, -0.25) is 9.59 Å². The van der Waals surface area contributed by atoms with Crippen LogP contribution in [0.1, 0.15) is 23.1 Å². The van der Waals surface area contributed by atoms with Gasteiger partial charge in [0, 0.05) is 34.9 Å². The molecule has 1 aliphatic heterocycles. The third-order valence-electron chi connectivity index (χ3n) is 2.65. The minimum atomic E-state index is 0.0941. The fourth-order valence-corrected chi connectivity index (χ4v) is 3.82. The highest BCUT2D eigenvalue weighted by molar-refractivity contribution is 8.14. The summed E-state index contributed by atoms with van der Waals surface area (Å²) in [4.78, 5) is 27.1. The standard InChI is InChI=1S/C12H15NO2S2/c1-8-3-4-10(16-8)6-13-7-11(5-12(13)15)17-9(2)14/h3-4,11H,5-7H2,1-2H3. The van der Waals surface area contributed by atoms with Crippen LogP contribution >= 0.6 is 23.1 Å². The zero-order valence-electron chi connectivity index (χ0n) is 9.93. The van der Waals surface area contributed by atoms with Crippen LogP contribution in [0.2, 0.25) is 0 Å². The first kappa shape index (κ1) is 12.6. The van der Waals surface area contributed by atoms with Gasteiger partial charge in [-0.1, -0.05) is 11.8 Å². The predicted molar refractivity (Wildman–Crippen MR) is 71.2 cm³/mol. The molecule has 1 atom stereocenters. The lowest BCUT2D eigenvalue weighted by molar-refractivity contribution is -0.128. The van der Waals surface area contributed by atoms with Gasteiger partial charge in [-0.25, -0.2) is 0 Å². The Morgan fingerprint density at radius 3 is 2.94 bits per heavy atom. The molecule has 1 fully saturated rings. The summed E-state index contributed by atoms with van der Waals surface area (Å²) in [5, 5.41) is 0.234. The number of amides is 1. The van der Waals surface area contributed by atoms with E-state index in [1.54, 1.807) is 18.3 Å². The molecule has 92 valence electrons. The van der Waals surface area contributed by atoms with Crippen LogP contribution in [0.3, 0.4) is 0 Å². The maximum Gasteiger partial charge on any atom is 0.224 e. The highest BCUT2D eigenvalue weighted by atomic mass is 32.2. The number of carbonyl (C=O) groups is 2. The van der Waals surface area contributed by atoms with E-state index in [4.69, 9.17) is 0 Å². The fraction of sp³-hybridized carbons (Fsp3) is 0.500. The SMILES string of the molecule is CC(=O)SC1CC(=O)N(Cc2ccc(C)s2)C1. The normalized spacial score (nSPS) is 20.0. The lowest BCUT2D eigenvalue weighted by Crippen LogP contribution is -2.24. The van der Waals surface area contributed by atoms with Crippen LogP contribution < -0.4 is 0 Å². The summed E-state index contributed by atoms with van der Waals surface area (Å²) in [5.74, 6) is 0.162. The Morgan fingerprint density at radius 2 is 2.35 bits per heavy atom. The van der Waals surface area contributed by atoms with Crippen LogP contribution in [-0.2, 0) is 16.1 Å². The number of aryl methyl sites for hydroxylation is 1. The van der Waals surface area contributed by atoms with E-state index >= 15 is 0 Å². The molecule has 17 heavy (non-hydrogen) atoms. The van der Waals surface area contributed by atoms with Gasteiger partial charge in [0.25, 0.3) is 0 Å². The Bertz CT molecular complexity index is 441. The molecule has 1 saturated heterocycles. The summed E-state index contributed by atoms with van der Waals surface area (Å²) >= 11 is 3.01. The molecule has 0 spiro atoms. The molecule has 0 aromatic carbocycles. The van der Waals surface area contributed by atoms with E-state index in [1.165, 1.54) is 21.5 Å². The predicted octanol–water partition coefficient (Wildman–Crippen LogP) is 2.44. The number of hydrogen-bond donors (Lipinski definition) is 0. The minimum Gasteiger partial charge on any atom is -0.336 e. The maximum atomic E-state index is 11.8. The van der Waals surface area contributed by atoms with E-state index < -0.39 is 0 Å². The van der Waals surface area contributed by atoms with Gasteiger partial charge >= 0.3 is 0 Å². The topological polar surface area (TPSA) is 37.4 Å². The number of nitrogens with zero attached hydrogens (tertiary/aromatic N) is 1. The highest BCUT2D eigenvalue weighted by Gasteiger charge is 2.30. The molecule has 1 aromatic heterocycles. The summed E-state index contributed by atoms with van der Waals surface area (Å²) in [7, 11) is 0. The van der Waals surface area contributed by atoms with Crippen molar-refractivity contribution in [2.45, 2.75) is 32.1 Å². The molecule has 2 rings (SSSR count). The van der Waals surface area contributed by atoms with Crippen molar-refractivity contribution in [2.75, 3.05) is 6.54 Å². The van der Waals surface area contributed by atoms with E-state index in [2.05, 4.69) is 19.1 Å². The molecule has 0 bridgehead atoms. The van der Waals surface area contributed by atoms with Gasteiger partial charge in [0.15, 0.2) is 5.12 Å². The molecule has 0 N–H and O–H groups in total. The van der Waals surface area contributed by atoms with Crippen molar-refractivity contribution >= 4 is 34.1 Å². The lowest BCUT2D eigenvalue weighted by atomic mass is 10.4. The quantitative estimate of drug-likeness (QED) is 0.846. The van der Waals surface area contributed by atoms with Crippen molar-refractivity contribution in [3.05, 3.63) is 21.9 Å². The number of thiophene rings is 1. The second-order valence-corrected chi connectivity index (χ2v) is 7.07. The van der Waals surface area contributed by atoms with E-state index in [0.717, 1.165) is 0 Å². The van der Waals surface area contributed by atoms with Crippen LogP contribution in [0, 0.1) is 6.92 Å². The summed E-state index contributed by atoms with van der Waals surface area (Å²) in [6.07, 6.45) is 0.495. The average molecular weight is 269 g/mol. The lowest BCUT2D eigenvalue weighted by Gasteiger charge is -2.14. The second-order valence-electron chi connectivity index (χ2n) is 4.22. The maximum absolute atomic E-state index is 11.8. The van der Waals surface area contributed by atoms with Gasteiger partial charge in [0.2, 0.25) is 5.91 Å². The van der Waals surface area contributed by atoms with E-state index in [-0.39, 0.29) is 16.3 Å². The number of rotatable bonds is 3. The monoisotopic (exact) mass is 269 g/mol. The van der Waals surface area contributed by atoms with Gasteiger partial charge in [0.1, 0.15) is 0 Å². The first-order valence-electron chi connectivity index (χ1n) is 5.55. The molecular formula is C12H15NO2S2. The molecule has 0 aliphatic carbocycles. The largest absolute Gasteiger partial charge is 0.336 e. The van der Waals surface area contributed by atoms with Crippen molar-refractivity contribution in [3.63, 3.8) is 0 Å². The average Bonchev–Trinajstić information content (AvgIpc) is 2.74. The van der Waals surface area contributed by atoms with Gasteiger partial charge in [-0.2, -0.15) is 0 Å². The van der Waals surface area contributed by atoms with E-state index in [0.29, 0.717) is 19.5 Å². The molecule has 5 heteroatoms. The van der Waals surface area contributed by atoms with Gasteiger partial charge in [0.05, 0.1) is 6.54 Å². The zero-order chi connectivity index (χ0) is 12.4. The summed E-state index contributed by atoms with van der Waals surface area (Å²) < 4.78 is 0. The smallest absolute Gasteiger partial charge is 0.224 e. The number of likely N-dealkylation sites (tertiary alicyclic amines) is 1. The zero-order valence-corrected chi connectivity index (χ0v) is 11.6. The molecule has 1 aliphatic rings. The van der Waals surface area contributed by atoms with Crippen LogP contribution in [0.25, 0.3) is 0 Å². The molecule has 0 radical (unpaired) electrons. The Morgan fingerprint density at radius 1 is 1.59 bits per heavy atom. The highest BCUT2D eigenvalue weighted by Crippen LogP contribution is 2.26. The first-order valence-corrected chi connectivity index (χ1v) is 7.24. The second kappa shape index (κ2) is 5.23. The van der Waals surface area contributed by atoms with Crippen molar-refractivity contribution < 1.29 is 9.59 Å². The van der Waals surface area contributed by atoms with Crippen LogP contribution in [0.15, 0.2) is 12.1 Å². The third-order valence-corrected chi connectivity index (χ3v) is 4.62. The van der Waals surface area contributed by atoms with Crippen LogP contribution in [-0.4, -0.2) is 27.7 Å². The van der Waals surface area contributed by atoms with Gasteiger partial charge < -0.3 is 4.90 Å². The molecule has 2 heterocycles. The van der Waals surface area contributed by atoms with Crippen molar-refractivity contribution in [3.8, 4) is 0 Å². The Kier molecular flexibility index (Phi) is 3.89. The molecule has 3 nitrogen and oxygen atoms in total. The van der Waals surface area contributed by atoms with Crippen LogP contribution in [0.4, 0.5) is 0 Å². The van der Waals surface area contributed by atoms with Crippen molar-refractivity contribution in [1.82, 2.24) is 4.90 Å². The van der Waals surface area contributed by atoms with E-state index in [1.807, 2.05) is 4.90 Å². The van der Waals surface area contributed by atoms with E-state index in [9.17, 15) is 9.59 Å². The molecule has 0 saturated carbocycles. The third kappa shape index (κ3) is 3.33. The van der Waals surface area contributed by atoms with Crippen molar-refractivity contribution in [2.24, 2.45) is 0 Å². The minimum absolute atomic E-state index is 0.0941. The summed E-state index contributed by atoms with van der Waals surface area (Å²) in [6, 6.07) is 4.14. The van der Waals surface area contributed by atoms with Gasteiger partial charge in [-0.05, 0) is 19.1 Å². The molecule has 1 unspecified atom stereocenters. The Balaban J connectivity index is 1.94. The molecular weight excluding hydrogens is 254 g/mol. The van der Waals surface area contributed by atoms with Gasteiger partial charge in [-0.15, -0.1) is 11.3 Å².